The van der Waals surface area contributed by atoms with Crippen LogP contribution in [0.4, 0.5) is 5.69 Å². The molecule has 1 heterocycles. The molecule has 1 aromatic rings. The third-order valence-electron chi connectivity index (χ3n) is 3.84. The number of hydrogen-bond acceptors (Lipinski definition) is 5. The second kappa shape index (κ2) is 8.02. The molecule has 0 radical (unpaired) electrons. The lowest BCUT2D eigenvalue weighted by Gasteiger charge is -2.10. The van der Waals surface area contributed by atoms with Crippen molar-refractivity contribution in [1.82, 2.24) is 0 Å². The number of rotatable bonds is 7. The zero-order valence-corrected chi connectivity index (χ0v) is 15.0. The van der Waals surface area contributed by atoms with E-state index in [9.17, 15) is 18.0 Å². The Morgan fingerprint density at radius 3 is 2.54 bits per heavy atom. The number of nitrogens with one attached hydrogen (secondary N) is 1. The summed E-state index contributed by atoms with van der Waals surface area (Å²) in [5, 5.41) is 11.7. The standard InChI is InChI=1S/C16H21NO5S2/c1-11(16(19)20)8-12-2-4-13(5-3-12)17-15(18)9-23-14-6-7-24(21,22)10-14/h2-5,11,14H,6-10H2,1H3,(H,17,18)(H,19,20). The predicted molar refractivity (Wildman–Crippen MR) is 95.1 cm³/mol. The molecule has 8 heteroatoms. The van der Waals surface area contributed by atoms with Crippen molar-refractivity contribution < 1.29 is 23.1 Å². The third kappa shape index (κ3) is 5.83. The van der Waals surface area contributed by atoms with Gasteiger partial charge in [-0.25, -0.2) is 8.42 Å². The molecule has 6 nitrogen and oxygen atoms in total. The molecule has 1 saturated heterocycles. The summed E-state index contributed by atoms with van der Waals surface area (Å²) in [6.45, 7) is 1.65. The minimum atomic E-state index is -2.92. The highest BCUT2D eigenvalue weighted by molar-refractivity contribution is 8.02. The molecule has 2 rings (SSSR count). The lowest BCUT2D eigenvalue weighted by atomic mass is 10.0. The molecular weight excluding hydrogens is 350 g/mol. The van der Waals surface area contributed by atoms with Crippen molar-refractivity contribution in [3.63, 3.8) is 0 Å². The monoisotopic (exact) mass is 371 g/mol. The van der Waals surface area contributed by atoms with Gasteiger partial charge >= 0.3 is 5.97 Å². The summed E-state index contributed by atoms with van der Waals surface area (Å²) in [6, 6.07) is 7.08. The SMILES string of the molecule is CC(Cc1ccc(NC(=O)CSC2CCS(=O)(=O)C2)cc1)C(=O)O. The first kappa shape index (κ1) is 18.8. The fraction of sp³-hybridized carbons (Fsp3) is 0.500. The topological polar surface area (TPSA) is 101 Å². The second-order valence-electron chi connectivity index (χ2n) is 6.02. The smallest absolute Gasteiger partial charge is 0.306 e. The summed E-state index contributed by atoms with van der Waals surface area (Å²) < 4.78 is 22.8. The van der Waals surface area contributed by atoms with Gasteiger partial charge in [-0.2, -0.15) is 0 Å². The Morgan fingerprint density at radius 2 is 2.00 bits per heavy atom. The third-order valence-corrected chi connectivity index (χ3v) is 7.12. The van der Waals surface area contributed by atoms with Gasteiger partial charge in [0.25, 0.3) is 0 Å². The van der Waals surface area contributed by atoms with Gasteiger partial charge in [0.2, 0.25) is 5.91 Å². The first-order valence-electron chi connectivity index (χ1n) is 7.69. The lowest BCUT2D eigenvalue weighted by Crippen LogP contribution is -2.17. The van der Waals surface area contributed by atoms with Gasteiger partial charge < -0.3 is 10.4 Å². The Morgan fingerprint density at radius 1 is 1.33 bits per heavy atom. The number of amides is 1. The van der Waals surface area contributed by atoms with Crippen LogP contribution in [-0.4, -0.2) is 47.9 Å². The lowest BCUT2D eigenvalue weighted by molar-refractivity contribution is -0.141. The Labute approximate surface area is 145 Å². The second-order valence-corrected chi connectivity index (χ2v) is 9.54. The number of carbonyl (C=O) groups is 2. The van der Waals surface area contributed by atoms with Crippen LogP contribution in [0.5, 0.6) is 0 Å². The maximum atomic E-state index is 11.9. The summed E-state index contributed by atoms with van der Waals surface area (Å²) in [5.74, 6) is -0.874. The van der Waals surface area contributed by atoms with Gasteiger partial charge in [0, 0.05) is 10.9 Å². The summed E-state index contributed by atoms with van der Waals surface area (Å²) in [6.07, 6.45) is 1.05. The molecule has 1 aliphatic rings. The number of benzene rings is 1. The van der Waals surface area contributed by atoms with Crippen LogP contribution in [0.1, 0.15) is 18.9 Å². The van der Waals surface area contributed by atoms with E-state index in [0.717, 1.165) is 5.56 Å². The average molecular weight is 371 g/mol. The van der Waals surface area contributed by atoms with Crippen LogP contribution in [0.15, 0.2) is 24.3 Å². The highest BCUT2D eigenvalue weighted by Gasteiger charge is 2.28. The van der Waals surface area contributed by atoms with E-state index in [1.165, 1.54) is 11.8 Å². The van der Waals surface area contributed by atoms with Crippen LogP contribution in [0, 0.1) is 5.92 Å². The molecule has 1 amide bonds. The molecule has 0 aromatic heterocycles. The van der Waals surface area contributed by atoms with Gasteiger partial charge in [0.15, 0.2) is 9.84 Å². The first-order valence-corrected chi connectivity index (χ1v) is 10.6. The molecule has 132 valence electrons. The minimum absolute atomic E-state index is 0.000585. The molecule has 0 saturated carbocycles. The van der Waals surface area contributed by atoms with Gasteiger partial charge in [-0.1, -0.05) is 19.1 Å². The Bertz CT molecular complexity index is 700. The quantitative estimate of drug-likeness (QED) is 0.758. The molecule has 1 aromatic carbocycles. The molecule has 2 unspecified atom stereocenters. The van der Waals surface area contributed by atoms with Gasteiger partial charge in [-0.3, -0.25) is 9.59 Å². The van der Waals surface area contributed by atoms with Crippen LogP contribution in [0.2, 0.25) is 0 Å². The molecule has 2 N–H and O–H groups in total. The van der Waals surface area contributed by atoms with E-state index < -0.39 is 21.7 Å². The number of carboxylic acid groups (broad SMARTS) is 1. The van der Waals surface area contributed by atoms with Crippen molar-refractivity contribution in [2.45, 2.75) is 25.0 Å². The van der Waals surface area contributed by atoms with E-state index >= 15 is 0 Å². The number of sulfone groups is 1. The van der Waals surface area contributed by atoms with Gasteiger partial charge in [-0.05, 0) is 30.5 Å². The highest BCUT2D eigenvalue weighted by Crippen LogP contribution is 2.24. The maximum Gasteiger partial charge on any atom is 0.306 e. The number of anilines is 1. The van der Waals surface area contributed by atoms with Crippen LogP contribution >= 0.6 is 11.8 Å². The largest absolute Gasteiger partial charge is 0.481 e. The number of carbonyl (C=O) groups excluding carboxylic acids is 1. The predicted octanol–water partition coefficient (Wildman–Crippen LogP) is 1.81. The normalized spacial score (nSPS) is 20.5. The molecule has 0 bridgehead atoms. The number of thioether (sulfide) groups is 1. The fourth-order valence-electron chi connectivity index (χ4n) is 2.45. The van der Waals surface area contributed by atoms with Crippen LogP contribution < -0.4 is 5.32 Å². The van der Waals surface area contributed by atoms with Crippen molar-refractivity contribution in [3.05, 3.63) is 29.8 Å². The van der Waals surface area contributed by atoms with E-state index in [1.54, 1.807) is 31.2 Å². The first-order chi connectivity index (χ1) is 11.2. The van der Waals surface area contributed by atoms with Gasteiger partial charge in [0.1, 0.15) is 0 Å². The zero-order chi connectivity index (χ0) is 17.7. The van der Waals surface area contributed by atoms with Crippen LogP contribution in [-0.2, 0) is 25.8 Å². The van der Waals surface area contributed by atoms with E-state index in [0.29, 0.717) is 18.5 Å². The molecule has 0 spiro atoms. The summed E-state index contributed by atoms with van der Waals surface area (Å²) >= 11 is 1.37. The van der Waals surface area contributed by atoms with E-state index in [1.807, 2.05) is 0 Å². The van der Waals surface area contributed by atoms with Crippen molar-refractivity contribution in [2.75, 3.05) is 22.6 Å². The van der Waals surface area contributed by atoms with E-state index in [-0.39, 0.29) is 28.4 Å². The summed E-state index contributed by atoms with van der Waals surface area (Å²) in [7, 11) is -2.92. The zero-order valence-electron chi connectivity index (χ0n) is 13.4. The molecule has 1 aliphatic heterocycles. The Hall–Kier alpha value is -1.54. The van der Waals surface area contributed by atoms with Crippen molar-refractivity contribution in [2.24, 2.45) is 5.92 Å². The number of hydrogen-bond donors (Lipinski definition) is 2. The van der Waals surface area contributed by atoms with Crippen molar-refractivity contribution in [3.8, 4) is 0 Å². The van der Waals surface area contributed by atoms with Crippen molar-refractivity contribution >= 4 is 39.2 Å². The average Bonchev–Trinajstić information content (AvgIpc) is 2.86. The maximum absolute atomic E-state index is 11.9. The molecule has 2 atom stereocenters. The Balaban J connectivity index is 1.78. The van der Waals surface area contributed by atoms with Crippen LogP contribution in [0.25, 0.3) is 0 Å². The fourth-order valence-corrected chi connectivity index (χ4v) is 5.89. The summed E-state index contributed by atoms with van der Waals surface area (Å²) in [5.41, 5.74) is 1.54. The highest BCUT2D eigenvalue weighted by atomic mass is 32.2. The van der Waals surface area contributed by atoms with E-state index in [4.69, 9.17) is 5.11 Å². The molecular formula is C16H21NO5S2. The van der Waals surface area contributed by atoms with Crippen LogP contribution in [0.3, 0.4) is 0 Å². The number of carboxylic acids is 1. The van der Waals surface area contributed by atoms with E-state index in [2.05, 4.69) is 5.32 Å². The number of aliphatic carboxylic acids is 1. The molecule has 0 aliphatic carbocycles. The van der Waals surface area contributed by atoms with Gasteiger partial charge in [0.05, 0.1) is 23.2 Å². The molecule has 1 fully saturated rings. The minimum Gasteiger partial charge on any atom is -0.481 e. The summed E-state index contributed by atoms with van der Waals surface area (Å²) in [4.78, 5) is 22.8. The molecule has 24 heavy (non-hydrogen) atoms. The van der Waals surface area contributed by atoms with Gasteiger partial charge in [-0.15, -0.1) is 11.8 Å². The Kier molecular flexibility index (Phi) is 6.28. The van der Waals surface area contributed by atoms with Crippen molar-refractivity contribution in [1.29, 1.82) is 0 Å².